The molecule has 0 spiro atoms. The zero-order chi connectivity index (χ0) is 21.8. The predicted molar refractivity (Wildman–Crippen MR) is 120 cm³/mol. The number of hydrogen-bond donors (Lipinski definition) is 2. The Morgan fingerprint density at radius 3 is 2.55 bits per heavy atom. The molecule has 2 aromatic heterocycles. The van der Waals surface area contributed by atoms with Gasteiger partial charge < -0.3 is 10.1 Å². The van der Waals surface area contributed by atoms with Crippen LogP contribution in [-0.2, 0) is 4.79 Å². The second-order valence-corrected chi connectivity index (χ2v) is 8.66. The number of aromatic amines is 1. The Morgan fingerprint density at radius 1 is 1.13 bits per heavy atom. The van der Waals surface area contributed by atoms with Crippen molar-refractivity contribution in [1.29, 1.82) is 0 Å². The molecule has 1 atom stereocenters. The van der Waals surface area contributed by atoms with E-state index in [1.807, 2.05) is 29.6 Å². The standard InChI is InChI=1S/C21H18FN5O2S2/c1-12(31-21-24-18(26-27-21)14-5-9-16(29-2)10-6-14)19(28)25-20-23-17(11-30-20)13-3-7-15(22)8-4-13/h3-12H,1-2H3,(H,23,25,28)(H,24,26,27). The molecular weight excluding hydrogens is 437 g/mol. The maximum absolute atomic E-state index is 13.1. The van der Waals surface area contributed by atoms with Gasteiger partial charge in [0.1, 0.15) is 11.6 Å². The molecule has 0 saturated carbocycles. The molecule has 2 N–H and O–H groups in total. The first-order valence-electron chi connectivity index (χ1n) is 9.27. The van der Waals surface area contributed by atoms with Gasteiger partial charge in [-0.25, -0.2) is 14.4 Å². The number of thiazole rings is 1. The fraction of sp³-hybridized carbons (Fsp3) is 0.143. The van der Waals surface area contributed by atoms with Crippen LogP contribution in [-0.4, -0.2) is 38.4 Å². The number of rotatable bonds is 7. The van der Waals surface area contributed by atoms with Crippen LogP contribution in [0.25, 0.3) is 22.6 Å². The lowest BCUT2D eigenvalue weighted by Gasteiger charge is -2.07. The van der Waals surface area contributed by atoms with Gasteiger partial charge in [-0.3, -0.25) is 9.89 Å². The van der Waals surface area contributed by atoms with Gasteiger partial charge in [-0.05, 0) is 55.5 Å². The quantitative estimate of drug-likeness (QED) is 0.387. The lowest BCUT2D eigenvalue weighted by molar-refractivity contribution is -0.115. The molecule has 7 nitrogen and oxygen atoms in total. The normalized spacial score (nSPS) is 11.8. The van der Waals surface area contributed by atoms with Crippen molar-refractivity contribution in [1.82, 2.24) is 20.2 Å². The van der Waals surface area contributed by atoms with E-state index in [-0.39, 0.29) is 11.7 Å². The molecule has 158 valence electrons. The molecule has 0 radical (unpaired) electrons. The van der Waals surface area contributed by atoms with Gasteiger partial charge >= 0.3 is 0 Å². The Morgan fingerprint density at radius 2 is 1.84 bits per heavy atom. The van der Waals surface area contributed by atoms with E-state index in [9.17, 15) is 9.18 Å². The number of nitrogens with one attached hydrogen (secondary N) is 2. The lowest BCUT2D eigenvalue weighted by Crippen LogP contribution is -2.22. The van der Waals surface area contributed by atoms with Crippen molar-refractivity contribution in [3.05, 3.63) is 59.7 Å². The summed E-state index contributed by atoms with van der Waals surface area (Å²) in [6.45, 7) is 1.78. The Balaban J connectivity index is 1.37. The van der Waals surface area contributed by atoms with Crippen LogP contribution in [0.2, 0.25) is 0 Å². The first kappa shape index (κ1) is 21.0. The number of ether oxygens (including phenoxy) is 1. The second-order valence-electron chi connectivity index (χ2n) is 6.49. The fourth-order valence-electron chi connectivity index (χ4n) is 2.68. The first-order chi connectivity index (χ1) is 15.0. The second kappa shape index (κ2) is 9.27. The summed E-state index contributed by atoms with van der Waals surface area (Å²) in [5, 5.41) is 12.2. The summed E-state index contributed by atoms with van der Waals surface area (Å²) in [6.07, 6.45) is 0. The molecule has 0 saturated heterocycles. The van der Waals surface area contributed by atoms with Crippen molar-refractivity contribution in [3.63, 3.8) is 0 Å². The zero-order valence-corrected chi connectivity index (χ0v) is 18.3. The van der Waals surface area contributed by atoms with Gasteiger partial charge in [0.05, 0.1) is 18.1 Å². The van der Waals surface area contributed by atoms with E-state index >= 15 is 0 Å². The van der Waals surface area contributed by atoms with Gasteiger partial charge in [-0.1, -0.05) is 11.8 Å². The van der Waals surface area contributed by atoms with Crippen LogP contribution in [0, 0.1) is 5.82 Å². The minimum Gasteiger partial charge on any atom is -0.497 e. The average molecular weight is 456 g/mol. The summed E-state index contributed by atoms with van der Waals surface area (Å²) in [4.78, 5) is 21.4. The number of carbonyl (C=O) groups is 1. The van der Waals surface area contributed by atoms with Crippen LogP contribution in [0.3, 0.4) is 0 Å². The predicted octanol–water partition coefficient (Wildman–Crippen LogP) is 4.86. The van der Waals surface area contributed by atoms with Crippen molar-refractivity contribution in [3.8, 4) is 28.4 Å². The molecule has 4 aromatic rings. The number of methoxy groups -OCH3 is 1. The number of halogens is 1. The monoisotopic (exact) mass is 455 g/mol. The molecule has 2 aromatic carbocycles. The molecule has 1 unspecified atom stereocenters. The topological polar surface area (TPSA) is 92.8 Å². The van der Waals surface area contributed by atoms with Crippen LogP contribution in [0.15, 0.2) is 59.1 Å². The molecule has 1 amide bonds. The molecule has 10 heteroatoms. The first-order valence-corrected chi connectivity index (χ1v) is 11.0. The number of hydrogen-bond acceptors (Lipinski definition) is 7. The van der Waals surface area contributed by atoms with Crippen LogP contribution < -0.4 is 10.1 Å². The van der Waals surface area contributed by atoms with Gasteiger partial charge in [-0.15, -0.1) is 16.4 Å². The molecule has 0 aliphatic heterocycles. The molecule has 0 fully saturated rings. The highest BCUT2D eigenvalue weighted by Gasteiger charge is 2.19. The van der Waals surface area contributed by atoms with Gasteiger partial charge in [0.15, 0.2) is 11.0 Å². The highest BCUT2D eigenvalue weighted by Crippen LogP contribution is 2.27. The summed E-state index contributed by atoms with van der Waals surface area (Å²) < 4.78 is 18.2. The number of benzene rings is 2. The highest BCUT2D eigenvalue weighted by atomic mass is 32.2. The third-order valence-electron chi connectivity index (χ3n) is 4.35. The Labute approximate surface area is 186 Å². The summed E-state index contributed by atoms with van der Waals surface area (Å²) in [7, 11) is 1.61. The number of anilines is 1. The lowest BCUT2D eigenvalue weighted by atomic mass is 10.2. The van der Waals surface area contributed by atoms with Crippen molar-refractivity contribution in [2.24, 2.45) is 0 Å². The Kier molecular flexibility index (Phi) is 6.28. The minimum atomic E-state index is -0.433. The van der Waals surface area contributed by atoms with E-state index in [0.29, 0.717) is 21.8 Å². The molecular formula is C21H18FN5O2S2. The molecule has 31 heavy (non-hydrogen) atoms. The van der Waals surface area contributed by atoms with Crippen molar-refractivity contribution in [2.45, 2.75) is 17.3 Å². The van der Waals surface area contributed by atoms with Crippen molar-refractivity contribution < 1.29 is 13.9 Å². The maximum Gasteiger partial charge on any atom is 0.239 e. The summed E-state index contributed by atoms with van der Waals surface area (Å²) in [6, 6.07) is 13.5. The molecule has 0 aliphatic rings. The highest BCUT2D eigenvalue weighted by molar-refractivity contribution is 8.00. The fourth-order valence-corrected chi connectivity index (χ4v) is 4.13. The van der Waals surface area contributed by atoms with E-state index < -0.39 is 5.25 Å². The van der Waals surface area contributed by atoms with Gasteiger partial charge in [0.2, 0.25) is 11.1 Å². The summed E-state index contributed by atoms with van der Waals surface area (Å²) in [5.74, 6) is 0.857. The van der Waals surface area contributed by atoms with E-state index in [0.717, 1.165) is 16.9 Å². The molecule has 0 bridgehead atoms. The maximum atomic E-state index is 13.1. The zero-order valence-electron chi connectivity index (χ0n) is 16.6. The van der Waals surface area contributed by atoms with E-state index in [1.54, 1.807) is 26.2 Å². The Bertz CT molecular complexity index is 1180. The number of carbonyl (C=O) groups excluding carboxylic acids is 1. The Hall–Kier alpha value is -3.24. The summed E-state index contributed by atoms with van der Waals surface area (Å²) in [5.41, 5.74) is 2.33. The van der Waals surface area contributed by atoms with Crippen LogP contribution in [0.4, 0.5) is 9.52 Å². The number of H-pyrrole nitrogens is 1. The van der Waals surface area contributed by atoms with Gasteiger partial charge in [0, 0.05) is 16.5 Å². The van der Waals surface area contributed by atoms with Crippen molar-refractivity contribution >= 4 is 34.1 Å². The van der Waals surface area contributed by atoms with Crippen LogP contribution in [0.1, 0.15) is 6.92 Å². The van der Waals surface area contributed by atoms with Gasteiger partial charge in [-0.2, -0.15) is 0 Å². The molecule has 2 heterocycles. The number of thioether (sulfide) groups is 1. The smallest absolute Gasteiger partial charge is 0.239 e. The van der Waals surface area contributed by atoms with E-state index in [4.69, 9.17) is 4.74 Å². The minimum absolute atomic E-state index is 0.208. The third kappa shape index (κ3) is 5.09. The number of nitrogens with zero attached hydrogens (tertiary/aromatic N) is 3. The van der Waals surface area contributed by atoms with Crippen LogP contribution in [0.5, 0.6) is 5.75 Å². The van der Waals surface area contributed by atoms with Crippen molar-refractivity contribution in [2.75, 3.05) is 12.4 Å². The molecule has 4 rings (SSSR count). The summed E-state index contributed by atoms with van der Waals surface area (Å²) >= 11 is 2.56. The number of amides is 1. The van der Waals surface area contributed by atoms with E-state index in [2.05, 4.69) is 25.5 Å². The number of aromatic nitrogens is 4. The SMILES string of the molecule is COc1ccc(-c2nc(SC(C)C(=O)Nc3nc(-c4ccc(F)cc4)cs3)n[nH]2)cc1. The third-order valence-corrected chi connectivity index (χ3v) is 6.07. The molecule has 0 aliphatic carbocycles. The largest absolute Gasteiger partial charge is 0.497 e. The van der Waals surface area contributed by atoms with E-state index in [1.165, 1.54) is 35.2 Å². The van der Waals surface area contributed by atoms with Gasteiger partial charge in [0.25, 0.3) is 0 Å². The average Bonchev–Trinajstić information content (AvgIpc) is 3.44. The van der Waals surface area contributed by atoms with Crippen LogP contribution >= 0.6 is 23.1 Å².